The second-order valence-corrected chi connectivity index (χ2v) is 7.42. The van der Waals surface area contributed by atoms with Crippen molar-refractivity contribution in [1.82, 2.24) is 10.2 Å². The summed E-state index contributed by atoms with van der Waals surface area (Å²) in [5.74, 6) is 2.33. The Kier molecular flexibility index (Phi) is 6.32. The Morgan fingerprint density at radius 3 is 2.58 bits per heavy atom. The maximum Gasteiger partial charge on any atom is 0.329 e. The lowest BCUT2D eigenvalue weighted by molar-refractivity contribution is -0.147. The molecule has 1 rings (SSSR count). The number of hydrogen-bond acceptors (Lipinski definition) is 4. The number of aliphatic carboxylic acids is 1. The molecular formula is C12H22N2O3S2. The predicted molar refractivity (Wildman–Crippen MR) is 81.1 cm³/mol. The molecule has 0 aromatic heterocycles. The van der Waals surface area contributed by atoms with Gasteiger partial charge in [-0.2, -0.15) is 23.5 Å². The molecule has 0 spiro atoms. The van der Waals surface area contributed by atoms with Crippen molar-refractivity contribution in [3.8, 4) is 0 Å². The highest BCUT2D eigenvalue weighted by Crippen LogP contribution is 2.23. The first-order valence-corrected chi connectivity index (χ1v) is 8.58. The summed E-state index contributed by atoms with van der Waals surface area (Å²) in [4.78, 5) is 24.7. The van der Waals surface area contributed by atoms with Gasteiger partial charge < -0.3 is 15.3 Å². The fourth-order valence-corrected chi connectivity index (χ4v) is 4.47. The third-order valence-corrected chi connectivity index (χ3v) is 5.97. The summed E-state index contributed by atoms with van der Waals surface area (Å²) in [5.41, 5.74) is -1.19. The maximum atomic E-state index is 12.1. The first kappa shape index (κ1) is 16.5. The van der Waals surface area contributed by atoms with Crippen molar-refractivity contribution in [2.45, 2.75) is 31.6 Å². The summed E-state index contributed by atoms with van der Waals surface area (Å²) in [6.07, 6.45) is 0. The summed E-state index contributed by atoms with van der Waals surface area (Å²) in [7, 11) is 0. The van der Waals surface area contributed by atoms with Gasteiger partial charge in [-0.3, -0.25) is 0 Å². The third-order valence-electron chi connectivity index (χ3n) is 3.13. The van der Waals surface area contributed by atoms with E-state index in [9.17, 15) is 14.7 Å². The second-order valence-electron chi connectivity index (χ2n) is 4.86. The predicted octanol–water partition coefficient (Wildman–Crippen LogP) is 1.73. The van der Waals surface area contributed by atoms with E-state index in [1.807, 2.05) is 23.5 Å². The number of amides is 2. The van der Waals surface area contributed by atoms with Crippen LogP contribution in [0.1, 0.15) is 20.8 Å². The SMILES string of the molecule is CCN(C(=O)NCC1CSCCS1)C(C)(C)C(=O)O. The highest BCUT2D eigenvalue weighted by Gasteiger charge is 2.37. The summed E-state index contributed by atoms with van der Waals surface area (Å²) >= 11 is 3.77. The van der Waals surface area contributed by atoms with E-state index in [0.717, 1.165) is 11.5 Å². The number of hydrogen-bond donors (Lipinski definition) is 2. The minimum atomic E-state index is -1.19. The van der Waals surface area contributed by atoms with E-state index in [1.54, 1.807) is 20.8 Å². The van der Waals surface area contributed by atoms with Crippen molar-refractivity contribution in [3.05, 3.63) is 0 Å². The zero-order chi connectivity index (χ0) is 14.5. The van der Waals surface area contributed by atoms with Crippen molar-refractivity contribution < 1.29 is 14.7 Å². The highest BCUT2D eigenvalue weighted by molar-refractivity contribution is 8.06. The lowest BCUT2D eigenvalue weighted by Crippen LogP contribution is -2.56. The van der Waals surface area contributed by atoms with Crippen molar-refractivity contribution in [2.24, 2.45) is 0 Å². The molecule has 1 fully saturated rings. The molecule has 0 aromatic rings. The molecule has 2 amide bonds. The Bertz CT molecular complexity index is 331. The highest BCUT2D eigenvalue weighted by atomic mass is 32.2. The van der Waals surface area contributed by atoms with Crippen molar-refractivity contribution in [1.29, 1.82) is 0 Å². The monoisotopic (exact) mass is 306 g/mol. The van der Waals surface area contributed by atoms with Gasteiger partial charge in [0.05, 0.1) is 0 Å². The average Bonchev–Trinajstić information content (AvgIpc) is 2.38. The van der Waals surface area contributed by atoms with Crippen molar-refractivity contribution in [2.75, 3.05) is 30.3 Å². The Balaban J connectivity index is 2.52. The Hall–Kier alpha value is -0.560. The second kappa shape index (κ2) is 7.28. The quantitative estimate of drug-likeness (QED) is 0.809. The molecule has 1 aliphatic heterocycles. The Labute approximate surface area is 122 Å². The van der Waals surface area contributed by atoms with Crippen molar-refractivity contribution in [3.63, 3.8) is 0 Å². The lowest BCUT2D eigenvalue weighted by atomic mass is 10.0. The van der Waals surface area contributed by atoms with Crippen LogP contribution in [0.3, 0.4) is 0 Å². The van der Waals surface area contributed by atoms with Gasteiger partial charge in [0, 0.05) is 35.6 Å². The first-order chi connectivity index (χ1) is 8.89. The molecule has 7 heteroatoms. The molecule has 1 aliphatic rings. The fourth-order valence-electron chi connectivity index (χ4n) is 1.86. The molecular weight excluding hydrogens is 284 g/mol. The number of nitrogens with one attached hydrogen (secondary N) is 1. The molecule has 2 N–H and O–H groups in total. The Morgan fingerprint density at radius 1 is 1.42 bits per heavy atom. The van der Waals surface area contributed by atoms with Gasteiger partial charge in [0.15, 0.2) is 0 Å². The van der Waals surface area contributed by atoms with E-state index in [-0.39, 0.29) is 6.03 Å². The topological polar surface area (TPSA) is 69.6 Å². The van der Waals surface area contributed by atoms with Crippen LogP contribution in [0.25, 0.3) is 0 Å². The van der Waals surface area contributed by atoms with Crippen LogP contribution in [0.4, 0.5) is 4.79 Å². The number of carbonyl (C=O) groups is 2. The molecule has 110 valence electrons. The standard InChI is InChI=1S/C12H22N2O3S2/c1-4-14(12(2,3)10(15)16)11(17)13-7-9-8-18-5-6-19-9/h9H,4-8H2,1-3H3,(H,13,17)(H,15,16). The lowest BCUT2D eigenvalue weighted by Gasteiger charge is -2.34. The number of nitrogens with zero attached hydrogens (tertiary/aromatic N) is 1. The van der Waals surface area contributed by atoms with Gasteiger partial charge in [0.25, 0.3) is 0 Å². The fraction of sp³-hybridized carbons (Fsp3) is 0.833. The molecule has 1 unspecified atom stereocenters. The molecule has 19 heavy (non-hydrogen) atoms. The zero-order valence-corrected chi connectivity index (χ0v) is 13.3. The van der Waals surface area contributed by atoms with E-state index >= 15 is 0 Å². The van der Waals surface area contributed by atoms with Gasteiger partial charge in [-0.15, -0.1) is 0 Å². The van der Waals surface area contributed by atoms with Gasteiger partial charge in [-0.25, -0.2) is 9.59 Å². The summed E-state index contributed by atoms with van der Waals surface area (Å²) in [6, 6.07) is -0.300. The van der Waals surface area contributed by atoms with Crippen molar-refractivity contribution >= 4 is 35.5 Å². The van der Waals surface area contributed by atoms with E-state index in [2.05, 4.69) is 5.32 Å². The normalized spacial score (nSPS) is 19.8. The smallest absolute Gasteiger partial charge is 0.329 e. The molecule has 0 aromatic carbocycles. The molecule has 1 atom stereocenters. The first-order valence-electron chi connectivity index (χ1n) is 6.37. The molecule has 0 radical (unpaired) electrons. The Morgan fingerprint density at radius 2 is 2.11 bits per heavy atom. The maximum absolute atomic E-state index is 12.1. The summed E-state index contributed by atoms with van der Waals surface area (Å²) in [5, 5.41) is 12.5. The molecule has 0 saturated carbocycles. The molecule has 5 nitrogen and oxygen atoms in total. The van der Waals surface area contributed by atoms with Crippen LogP contribution < -0.4 is 5.32 Å². The van der Waals surface area contributed by atoms with Gasteiger partial charge >= 0.3 is 12.0 Å². The summed E-state index contributed by atoms with van der Waals surface area (Å²) in [6.45, 7) is 5.85. The molecule has 1 heterocycles. The number of thioether (sulfide) groups is 2. The number of likely N-dealkylation sites (N-methyl/N-ethyl adjacent to an activating group) is 1. The van der Waals surface area contributed by atoms with Crippen LogP contribution >= 0.6 is 23.5 Å². The van der Waals surface area contributed by atoms with E-state index < -0.39 is 11.5 Å². The van der Waals surface area contributed by atoms with Gasteiger partial charge in [-0.05, 0) is 20.8 Å². The van der Waals surface area contributed by atoms with Crippen LogP contribution in [0.2, 0.25) is 0 Å². The van der Waals surface area contributed by atoms with Crippen LogP contribution in [-0.2, 0) is 4.79 Å². The van der Waals surface area contributed by atoms with Gasteiger partial charge in [0.2, 0.25) is 0 Å². The minimum Gasteiger partial charge on any atom is -0.480 e. The number of urea groups is 1. The zero-order valence-electron chi connectivity index (χ0n) is 11.6. The number of carbonyl (C=O) groups excluding carboxylic acids is 1. The van der Waals surface area contributed by atoms with E-state index in [0.29, 0.717) is 18.3 Å². The summed E-state index contributed by atoms with van der Waals surface area (Å²) < 4.78 is 0. The molecule has 0 bridgehead atoms. The molecule has 1 saturated heterocycles. The van der Waals surface area contributed by atoms with Crippen LogP contribution in [0.5, 0.6) is 0 Å². The van der Waals surface area contributed by atoms with Crippen LogP contribution in [-0.4, -0.2) is 63.1 Å². The van der Waals surface area contributed by atoms with Crippen LogP contribution in [0.15, 0.2) is 0 Å². The number of carboxylic acid groups (broad SMARTS) is 1. The largest absolute Gasteiger partial charge is 0.480 e. The van der Waals surface area contributed by atoms with Gasteiger partial charge in [-0.1, -0.05) is 0 Å². The van der Waals surface area contributed by atoms with E-state index in [4.69, 9.17) is 0 Å². The third kappa shape index (κ3) is 4.49. The van der Waals surface area contributed by atoms with Crippen LogP contribution in [0, 0.1) is 0 Å². The minimum absolute atomic E-state index is 0.300. The molecule has 0 aliphatic carbocycles. The van der Waals surface area contributed by atoms with E-state index in [1.165, 1.54) is 10.7 Å². The number of carboxylic acids is 1. The number of rotatable bonds is 5. The average molecular weight is 306 g/mol. The van der Waals surface area contributed by atoms with Gasteiger partial charge in [0.1, 0.15) is 5.54 Å².